The molecule has 1 N–H and O–H groups in total. The van der Waals surface area contributed by atoms with Crippen molar-refractivity contribution >= 4 is 0 Å². The predicted molar refractivity (Wildman–Crippen MR) is 77.0 cm³/mol. The number of ether oxygens (including phenoxy) is 3. The van der Waals surface area contributed by atoms with Crippen molar-refractivity contribution in [1.29, 1.82) is 0 Å². The molecule has 128 valence electrons. The van der Waals surface area contributed by atoms with Crippen molar-refractivity contribution < 1.29 is 27.4 Å². The van der Waals surface area contributed by atoms with E-state index >= 15 is 0 Å². The third-order valence-corrected chi connectivity index (χ3v) is 4.08. The van der Waals surface area contributed by atoms with E-state index in [0.717, 1.165) is 0 Å². The first-order valence-electron chi connectivity index (χ1n) is 7.47. The lowest BCUT2D eigenvalue weighted by atomic mass is 9.99. The number of rotatable bonds is 4. The lowest BCUT2D eigenvalue weighted by Gasteiger charge is -2.35. The maximum absolute atomic E-state index is 13.1. The van der Waals surface area contributed by atoms with Crippen molar-refractivity contribution in [2.24, 2.45) is 0 Å². The molecule has 0 saturated carbocycles. The van der Waals surface area contributed by atoms with Gasteiger partial charge in [-0.25, -0.2) is 0 Å². The monoisotopic (exact) mass is 332 g/mol. The third-order valence-electron chi connectivity index (χ3n) is 4.08. The Morgan fingerprint density at radius 2 is 2.00 bits per heavy atom. The van der Waals surface area contributed by atoms with Crippen molar-refractivity contribution in [2.45, 2.75) is 18.6 Å². The molecule has 1 fully saturated rings. The van der Waals surface area contributed by atoms with Crippen LogP contribution in [0.4, 0.5) is 13.2 Å². The average molecular weight is 332 g/mol. The van der Waals surface area contributed by atoms with Crippen molar-refractivity contribution in [3.05, 3.63) is 17.7 Å². The van der Waals surface area contributed by atoms with E-state index in [9.17, 15) is 13.2 Å². The quantitative estimate of drug-likeness (QED) is 0.917. The molecule has 0 radical (unpaired) electrons. The van der Waals surface area contributed by atoms with Crippen LogP contribution < -0.4 is 19.5 Å². The van der Waals surface area contributed by atoms with Crippen LogP contribution >= 0.6 is 0 Å². The van der Waals surface area contributed by atoms with Crippen LogP contribution in [0.25, 0.3) is 0 Å². The van der Waals surface area contributed by atoms with Gasteiger partial charge in [0, 0.05) is 32.2 Å². The van der Waals surface area contributed by atoms with Gasteiger partial charge in [0.1, 0.15) is 0 Å². The molecule has 0 aromatic heterocycles. The van der Waals surface area contributed by atoms with E-state index in [1.807, 2.05) is 4.90 Å². The molecule has 0 unspecified atom stereocenters. The summed E-state index contributed by atoms with van der Waals surface area (Å²) in [4.78, 5) is 1.85. The van der Waals surface area contributed by atoms with E-state index in [1.54, 1.807) is 12.1 Å². The summed E-state index contributed by atoms with van der Waals surface area (Å²) in [7, 11) is 1.46. The van der Waals surface area contributed by atoms with E-state index in [2.05, 4.69) is 5.32 Å². The van der Waals surface area contributed by atoms with Crippen LogP contribution in [0.5, 0.6) is 17.2 Å². The topological polar surface area (TPSA) is 43.0 Å². The molecule has 2 aliphatic heterocycles. The van der Waals surface area contributed by atoms with Crippen LogP contribution in [0.2, 0.25) is 0 Å². The number of halogens is 3. The van der Waals surface area contributed by atoms with Crippen LogP contribution in [-0.2, 0) is 0 Å². The van der Waals surface area contributed by atoms with Crippen LogP contribution in [0, 0.1) is 0 Å². The highest BCUT2D eigenvalue weighted by atomic mass is 19.4. The molecule has 3 rings (SSSR count). The minimum absolute atomic E-state index is 0.0483. The van der Waals surface area contributed by atoms with E-state index in [1.165, 1.54) is 7.11 Å². The average Bonchev–Trinajstić information content (AvgIpc) is 3.00. The Kier molecular flexibility index (Phi) is 4.54. The Bertz CT molecular complexity index is 560. The highest BCUT2D eigenvalue weighted by Gasteiger charge is 2.37. The lowest BCUT2D eigenvalue weighted by Crippen LogP contribution is -2.46. The largest absolute Gasteiger partial charge is 0.493 e. The molecular formula is C15H19F3N2O3. The second kappa shape index (κ2) is 6.45. The second-order valence-electron chi connectivity index (χ2n) is 5.58. The van der Waals surface area contributed by atoms with Gasteiger partial charge < -0.3 is 19.5 Å². The Balaban J connectivity index is 1.95. The molecule has 0 amide bonds. The molecule has 0 bridgehead atoms. The van der Waals surface area contributed by atoms with Crippen molar-refractivity contribution in [3.63, 3.8) is 0 Å². The fourth-order valence-electron chi connectivity index (χ4n) is 3.01. The summed E-state index contributed by atoms with van der Waals surface area (Å²) < 4.78 is 55.1. The molecule has 5 nitrogen and oxygen atoms in total. The van der Waals surface area contributed by atoms with E-state index < -0.39 is 18.6 Å². The highest BCUT2D eigenvalue weighted by Crippen LogP contribution is 2.45. The summed E-state index contributed by atoms with van der Waals surface area (Å²) in [6.45, 7) is 2.54. The van der Waals surface area contributed by atoms with E-state index in [4.69, 9.17) is 14.2 Å². The molecule has 2 heterocycles. The normalized spacial score (nSPS) is 19.7. The van der Waals surface area contributed by atoms with Gasteiger partial charge in [-0.3, -0.25) is 4.90 Å². The third kappa shape index (κ3) is 3.64. The molecule has 8 heteroatoms. The predicted octanol–water partition coefficient (Wildman–Crippen LogP) is 2.32. The highest BCUT2D eigenvalue weighted by molar-refractivity contribution is 5.55. The number of nitrogens with zero attached hydrogens (tertiary/aromatic N) is 1. The summed E-state index contributed by atoms with van der Waals surface area (Å²) in [6.07, 6.45) is -5.16. The van der Waals surface area contributed by atoms with Gasteiger partial charge in [0.05, 0.1) is 13.5 Å². The molecule has 1 atom stereocenters. The molecule has 23 heavy (non-hydrogen) atoms. The number of hydrogen-bond acceptors (Lipinski definition) is 5. The SMILES string of the molecule is COc1cc([C@H](CC(F)(F)F)N2CCNCC2)cc2c1OCO2. The molecule has 0 spiro atoms. The number of benzene rings is 1. The van der Waals surface area contributed by atoms with E-state index in [0.29, 0.717) is 49.0 Å². The fourth-order valence-corrected chi connectivity index (χ4v) is 3.01. The summed E-state index contributed by atoms with van der Waals surface area (Å²) in [5.74, 6) is 1.28. The Morgan fingerprint density at radius 3 is 2.65 bits per heavy atom. The smallest absolute Gasteiger partial charge is 0.390 e. The number of methoxy groups -OCH3 is 1. The van der Waals surface area contributed by atoms with Gasteiger partial charge in [0.25, 0.3) is 0 Å². The molecule has 1 aromatic rings. The molecule has 1 aromatic carbocycles. The summed E-state index contributed by atoms with van der Waals surface area (Å²) >= 11 is 0. The fraction of sp³-hybridized carbons (Fsp3) is 0.600. The summed E-state index contributed by atoms with van der Waals surface area (Å²) in [5, 5.41) is 3.16. The maximum atomic E-state index is 13.1. The van der Waals surface area contributed by atoms with Gasteiger partial charge in [-0.2, -0.15) is 13.2 Å². The summed E-state index contributed by atoms with van der Waals surface area (Å²) in [6, 6.07) is 2.48. The number of nitrogens with one attached hydrogen (secondary N) is 1. The van der Waals surface area contributed by atoms with Crippen molar-refractivity contribution in [3.8, 4) is 17.2 Å². The number of hydrogen-bond donors (Lipinski definition) is 1. The molecule has 2 aliphatic rings. The zero-order chi connectivity index (χ0) is 16.4. The Hall–Kier alpha value is -1.67. The minimum atomic E-state index is -4.25. The van der Waals surface area contributed by atoms with Crippen molar-refractivity contribution in [1.82, 2.24) is 10.2 Å². The van der Waals surface area contributed by atoms with Gasteiger partial charge in [-0.1, -0.05) is 0 Å². The van der Waals surface area contributed by atoms with Crippen LogP contribution in [0.15, 0.2) is 12.1 Å². The Labute approximate surface area is 132 Å². The van der Waals surface area contributed by atoms with Gasteiger partial charge in [-0.15, -0.1) is 0 Å². The molecule has 0 aliphatic carbocycles. The van der Waals surface area contributed by atoms with Gasteiger partial charge in [0.15, 0.2) is 11.5 Å². The van der Waals surface area contributed by atoms with E-state index in [-0.39, 0.29) is 6.79 Å². The van der Waals surface area contributed by atoms with Gasteiger partial charge in [0.2, 0.25) is 12.5 Å². The first-order valence-corrected chi connectivity index (χ1v) is 7.47. The standard InChI is InChI=1S/C15H19F3N2O3/c1-21-12-6-10(7-13-14(12)23-9-22-13)11(8-15(16,17)18)20-4-2-19-3-5-20/h6-7,11,19H,2-5,8-9H2,1H3/t11-/m0/s1. The molecule has 1 saturated heterocycles. The van der Waals surface area contributed by atoms with Gasteiger partial charge in [-0.05, 0) is 17.7 Å². The Morgan fingerprint density at radius 1 is 1.26 bits per heavy atom. The van der Waals surface area contributed by atoms with Crippen LogP contribution in [0.3, 0.4) is 0 Å². The zero-order valence-corrected chi connectivity index (χ0v) is 12.8. The second-order valence-corrected chi connectivity index (χ2v) is 5.58. The maximum Gasteiger partial charge on any atom is 0.390 e. The minimum Gasteiger partial charge on any atom is -0.493 e. The van der Waals surface area contributed by atoms with Gasteiger partial charge >= 0.3 is 6.18 Å². The number of alkyl halides is 3. The first-order chi connectivity index (χ1) is 11.0. The summed E-state index contributed by atoms with van der Waals surface area (Å²) in [5.41, 5.74) is 0.533. The molecular weight excluding hydrogens is 313 g/mol. The first kappa shape index (κ1) is 16.2. The zero-order valence-electron chi connectivity index (χ0n) is 12.8. The number of fused-ring (bicyclic) bond motifs is 1. The van der Waals surface area contributed by atoms with Crippen LogP contribution in [-0.4, -0.2) is 51.2 Å². The van der Waals surface area contributed by atoms with Crippen LogP contribution in [0.1, 0.15) is 18.0 Å². The van der Waals surface area contributed by atoms with Crippen molar-refractivity contribution in [2.75, 3.05) is 40.1 Å². The number of piperazine rings is 1. The lowest BCUT2D eigenvalue weighted by molar-refractivity contribution is -0.148.